The topological polar surface area (TPSA) is 74.8 Å². The molecular weight excluding hydrogens is 329 g/mol. The Labute approximate surface area is 143 Å². The SMILES string of the molecule is O=C(CSc1nc2cccc(F)c2c(=O)[nH]1)NC1CCCCCC1. The zero-order chi connectivity index (χ0) is 16.9. The first-order valence-corrected chi connectivity index (χ1v) is 9.23. The fourth-order valence-electron chi connectivity index (χ4n) is 3.02. The molecule has 0 aliphatic heterocycles. The molecule has 1 saturated carbocycles. The Morgan fingerprint density at radius 3 is 2.79 bits per heavy atom. The third kappa shape index (κ3) is 4.14. The average molecular weight is 349 g/mol. The van der Waals surface area contributed by atoms with Crippen LogP contribution in [-0.4, -0.2) is 27.7 Å². The Morgan fingerprint density at radius 2 is 2.04 bits per heavy atom. The summed E-state index contributed by atoms with van der Waals surface area (Å²) in [5.41, 5.74) is -0.227. The summed E-state index contributed by atoms with van der Waals surface area (Å²) in [6.45, 7) is 0. The Morgan fingerprint density at radius 1 is 1.29 bits per heavy atom. The molecule has 0 unspecified atom stereocenters. The van der Waals surface area contributed by atoms with Crippen LogP contribution in [0.25, 0.3) is 10.9 Å². The molecule has 2 aromatic rings. The molecule has 1 fully saturated rings. The number of carbonyl (C=O) groups is 1. The van der Waals surface area contributed by atoms with Crippen LogP contribution in [0.15, 0.2) is 28.2 Å². The lowest BCUT2D eigenvalue weighted by Crippen LogP contribution is -2.35. The largest absolute Gasteiger partial charge is 0.353 e. The van der Waals surface area contributed by atoms with Gasteiger partial charge in [0, 0.05) is 6.04 Å². The third-order valence-electron chi connectivity index (χ3n) is 4.22. The first-order valence-electron chi connectivity index (χ1n) is 8.24. The maximum absolute atomic E-state index is 13.7. The minimum Gasteiger partial charge on any atom is -0.353 e. The minimum absolute atomic E-state index is 0.0512. The number of nitrogens with zero attached hydrogens (tertiary/aromatic N) is 1. The molecule has 0 atom stereocenters. The standard InChI is InChI=1S/C17H20FN3O2S/c18-12-8-5-9-13-15(12)16(23)21-17(20-13)24-10-14(22)19-11-6-3-1-2-4-7-11/h5,8-9,11H,1-4,6-7,10H2,(H,19,22)(H,20,21,23). The molecule has 7 heteroatoms. The van der Waals surface area contributed by atoms with E-state index in [0.29, 0.717) is 10.7 Å². The van der Waals surface area contributed by atoms with Gasteiger partial charge in [0.05, 0.1) is 11.3 Å². The molecule has 1 amide bonds. The molecule has 3 rings (SSSR count). The number of rotatable bonds is 4. The smallest absolute Gasteiger partial charge is 0.262 e. The lowest BCUT2D eigenvalue weighted by Gasteiger charge is -2.15. The maximum Gasteiger partial charge on any atom is 0.262 e. The van der Waals surface area contributed by atoms with Gasteiger partial charge in [0.25, 0.3) is 5.56 Å². The third-order valence-corrected chi connectivity index (χ3v) is 5.09. The molecule has 1 aromatic carbocycles. The van der Waals surface area contributed by atoms with Crippen LogP contribution < -0.4 is 10.9 Å². The molecule has 1 aromatic heterocycles. The average Bonchev–Trinajstić information content (AvgIpc) is 2.81. The molecule has 128 valence electrons. The van der Waals surface area contributed by atoms with Crippen LogP contribution >= 0.6 is 11.8 Å². The highest BCUT2D eigenvalue weighted by Crippen LogP contribution is 2.19. The van der Waals surface area contributed by atoms with Crippen molar-refractivity contribution in [2.45, 2.75) is 49.7 Å². The number of carbonyl (C=O) groups excluding carboxylic acids is 1. The van der Waals surface area contributed by atoms with Gasteiger partial charge < -0.3 is 10.3 Å². The van der Waals surface area contributed by atoms with E-state index in [2.05, 4.69) is 15.3 Å². The molecule has 1 aliphatic carbocycles. The number of benzene rings is 1. The second-order valence-electron chi connectivity index (χ2n) is 6.05. The van der Waals surface area contributed by atoms with E-state index in [9.17, 15) is 14.0 Å². The van der Waals surface area contributed by atoms with Crippen LogP contribution in [0, 0.1) is 5.82 Å². The minimum atomic E-state index is -0.594. The van der Waals surface area contributed by atoms with Gasteiger partial charge in [0.2, 0.25) is 5.91 Å². The fourth-order valence-corrected chi connectivity index (χ4v) is 3.70. The first kappa shape index (κ1) is 17.0. The molecule has 2 N–H and O–H groups in total. The molecule has 5 nitrogen and oxygen atoms in total. The zero-order valence-electron chi connectivity index (χ0n) is 13.3. The lowest BCUT2D eigenvalue weighted by molar-refractivity contribution is -0.119. The van der Waals surface area contributed by atoms with Crippen molar-refractivity contribution in [1.29, 1.82) is 0 Å². The number of halogens is 1. The van der Waals surface area contributed by atoms with Gasteiger partial charge in [-0.15, -0.1) is 0 Å². The van der Waals surface area contributed by atoms with Crippen LogP contribution in [0.4, 0.5) is 4.39 Å². The van der Waals surface area contributed by atoms with E-state index < -0.39 is 11.4 Å². The Hall–Kier alpha value is -1.89. The summed E-state index contributed by atoms with van der Waals surface area (Å²) in [7, 11) is 0. The van der Waals surface area contributed by atoms with Gasteiger partial charge in [-0.2, -0.15) is 0 Å². The van der Waals surface area contributed by atoms with Gasteiger partial charge >= 0.3 is 0 Å². The van der Waals surface area contributed by atoms with Crippen LogP contribution in [0.2, 0.25) is 0 Å². The van der Waals surface area contributed by atoms with Gasteiger partial charge in [0.15, 0.2) is 5.16 Å². The molecule has 0 radical (unpaired) electrons. The van der Waals surface area contributed by atoms with E-state index in [-0.39, 0.29) is 23.1 Å². The van der Waals surface area contributed by atoms with Crippen LogP contribution in [-0.2, 0) is 4.79 Å². The highest BCUT2D eigenvalue weighted by molar-refractivity contribution is 7.99. The molecule has 0 bridgehead atoms. The number of aromatic amines is 1. The van der Waals surface area contributed by atoms with Crippen molar-refractivity contribution in [2.24, 2.45) is 0 Å². The number of fused-ring (bicyclic) bond motifs is 1. The fraction of sp³-hybridized carbons (Fsp3) is 0.471. The monoisotopic (exact) mass is 349 g/mol. The van der Waals surface area contributed by atoms with E-state index in [1.54, 1.807) is 6.07 Å². The predicted octanol–water partition coefficient (Wildman–Crippen LogP) is 2.99. The summed E-state index contributed by atoms with van der Waals surface area (Å²) in [4.78, 5) is 30.8. The number of thioether (sulfide) groups is 1. The van der Waals surface area contributed by atoms with Gasteiger partial charge in [-0.25, -0.2) is 9.37 Å². The van der Waals surface area contributed by atoms with Crippen molar-refractivity contribution in [2.75, 3.05) is 5.75 Å². The maximum atomic E-state index is 13.7. The van der Waals surface area contributed by atoms with Gasteiger partial charge in [-0.1, -0.05) is 43.5 Å². The summed E-state index contributed by atoms with van der Waals surface area (Å²) in [6, 6.07) is 4.57. The van der Waals surface area contributed by atoms with Crippen LogP contribution in [0.5, 0.6) is 0 Å². The Balaban J connectivity index is 1.63. The number of H-pyrrole nitrogens is 1. The summed E-state index contributed by atoms with van der Waals surface area (Å²) in [6.07, 6.45) is 6.84. The normalized spacial score (nSPS) is 16.0. The number of nitrogens with one attached hydrogen (secondary N) is 2. The summed E-state index contributed by atoms with van der Waals surface area (Å²) >= 11 is 1.16. The van der Waals surface area contributed by atoms with Crippen molar-refractivity contribution in [3.63, 3.8) is 0 Å². The number of aromatic nitrogens is 2. The number of amides is 1. The zero-order valence-corrected chi connectivity index (χ0v) is 14.1. The molecule has 1 aliphatic rings. The van der Waals surface area contributed by atoms with Crippen molar-refractivity contribution in [1.82, 2.24) is 15.3 Å². The second kappa shape index (κ2) is 7.79. The van der Waals surface area contributed by atoms with Crippen molar-refractivity contribution in [3.05, 3.63) is 34.4 Å². The Bertz CT molecular complexity index is 785. The van der Waals surface area contributed by atoms with Crippen LogP contribution in [0.1, 0.15) is 38.5 Å². The van der Waals surface area contributed by atoms with E-state index in [1.807, 2.05) is 0 Å². The van der Waals surface area contributed by atoms with E-state index >= 15 is 0 Å². The molecular formula is C17H20FN3O2S. The molecule has 0 spiro atoms. The highest BCUT2D eigenvalue weighted by atomic mass is 32.2. The lowest BCUT2D eigenvalue weighted by atomic mass is 10.1. The van der Waals surface area contributed by atoms with Gasteiger partial charge in [-0.3, -0.25) is 9.59 Å². The Kier molecular flexibility index (Phi) is 5.50. The highest BCUT2D eigenvalue weighted by Gasteiger charge is 2.15. The summed E-state index contributed by atoms with van der Waals surface area (Å²) in [5, 5.41) is 3.33. The molecule has 1 heterocycles. The van der Waals surface area contributed by atoms with Gasteiger partial charge in [0.1, 0.15) is 11.2 Å². The number of hydrogen-bond acceptors (Lipinski definition) is 4. The van der Waals surface area contributed by atoms with E-state index in [4.69, 9.17) is 0 Å². The molecule has 24 heavy (non-hydrogen) atoms. The van der Waals surface area contributed by atoms with Gasteiger partial charge in [-0.05, 0) is 25.0 Å². The van der Waals surface area contributed by atoms with Crippen molar-refractivity contribution < 1.29 is 9.18 Å². The van der Waals surface area contributed by atoms with E-state index in [0.717, 1.165) is 37.4 Å². The first-order chi connectivity index (χ1) is 11.6. The summed E-state index contributed by atoms with van der Waals surface area (Å²) in [5.74, 6) is -0.474. The van der Waals surface area contributed by atoms with Crippen molar-refractivity contribution >= 4 is 28.6 Å². The van der Waals surface area contributed by atoms with Crippen molar-refractivity contribution in [3.8, 4) is 0 Å². The molecule has 0 saturated heterocycles. The van der Waals surface area contributed by atoms with Crippen LogP contribution in [0.3, 0.4) is 0 Å². The van der Waals surface area contributed by atoms with E-state index in [1.165, 1.54) is 25.0 Å². The second-order valence-corrected chi connectivity index (χ2v) is 7.01. The predicted molar refractivity (Wildman–Crippen MR) is 92.7 cm³/mol. The number of hydrogen-bond donors (Lipinski definition) is 2. The quantitative estimate of drug-likeness (QED) is 0.505. The summed E-state index contributed by atoms with van der Waals surface area (Å²) < 4.78 is 13.7.